The molecule has 3 N–H and O–H groups in total. The highest BCUT2D eigenvalue weighted by atomic mass is 19.4. The van der Waals surface area contributed by atoms with Crippen molar-refractivity contribution in [2.45, 2.75) is 18.1 Å². The minimum atomic E-state index is -4.62. The Labute approximate surface area is 93.9 Å². The van der Waals surface area contributed by atoms with Gasteiger partial charge < -0.3 is 10.8 Å². The van der Waals surface area contributed by atoms with Gasteiger partial charge in [-0.3, -0.25) is 0 Å². The van der Waals surface area contributed by atoms with E-state index in [9.17, 15) is 22.0 Å². The number of aliphatic hydroxyl groups excluding tert-OH is 1. The molecule has 0 saturated heterocycles. The van der Waals surface area contributed by atoms with Crippen LogP contribution in [0.5, 0.6) is 0 Å². The monoisotopic (exact) mass is 255 g/mol. The van der Waals surface area contributed by atoms with E-state index in [2.05, 4.69) is 0 Å². The van der Waals surface area contributed by atoms with Crippen LogP contribution in [0.1, 0.15) is 17.2 Å². The molecule has 0 aliphatic rings. The summed E-state index contributed by atoms with van der Waals surface area (Å²) in [4.78, 5) is 0. The number of halogens is 5. The lowest BCUT2D eigenvalue weighted by Crippen LogP contribution is -2.36. The zero-order valence-electron chi connectivity index (χ0n) is 8.51. The summed E-state index contributed by atoms with van der Waals surface area (Å²) in [6.45, 7) is -1.52. The standard InChI is InChI=1S/C10H10F5NO/c11-9(12,5-17)8(16)6-2-1-3-7(4-6)10(13,14)15/h1-4,8,17H,5,16H2/t8-/m1/s1. The van der Waals surface area contributed by atoms with Gasteiger partial charge in [0.25, 0.3) is 5.92 Å². The Morgan fingerprint density at radius 1 is 1.18 bits per heavy atom. The Morgan fingerprint density at radius 2 is 1.76 bits per heavy atom. The third-order valence-corrected chi connectivity index (χ3v) is 2.24. The molecule has 0 bridgehead atoms. The number of hydrogen-bond acceptors (Lipinski definition) is 2. The van der Waals surface area contributed by atoms with E-state index in [-0.39, 0.29) is 5.56 Å². The molecule has 0 heterocycles. The fraction of sp³-hybridized carbons (Fsp3) is 0.400. The minimum absolute atomic E-state index is 0.376. The van der Waals surface area contributed by atoms with Gasteiger partial charge in [-0.2, -0.15) is 13.2 Å². The number of hydrogen-bond donors (Lipinski definition) is 2. The van der Waals surface area contributed by atoms with Crippen molar-refractivity contribution in [3.05, 3.63) is 35.4 Å². The summed E-state index contributed by atoms with van der Waals surface area (Å²) in [5.74, 6) is -3.66. The van der Waals surface area contributed by atoms with Crippen LogP contribution in [0.25, 0.3) is 0 Å². The van der Waals surface area contributed by atoms with Gasteiger partial charge in [-0.05, 0) is 17.7 Å². The molecule has 1 aromatic rings. The van der Waals surface area contributed by atoms with Gasteiger partial charge in [-0.25, -0.2) is 8.78 Å². The first-order chi connectivity index (χ1) is 7.68. The van der Waals surface area contributed by atoms with Crippen LogP contribution >= 0.6 is 0 Å². The Hall–Kier alpha value is -1.21. The first kappa shape index (κ1) is 13.9. The molecular formula is C10H10F5NO. The van der Waals surface area contributed by atoms with Crippen LogP contribution < -0.4 is 5.73 Å². The highest BCUT2D eigenvalue weighted by Gasteiger charge is 2.38. The molecule has 0 amide bonds. The van der Waals surface area contributed by atoms with Crippen LogP contribution in [-0.2, 0) is 6.18 Å². The third kappa shape index (κ3) is 3.13. The molecule has 0 saturated carbocycles. The van der Waals surface area contributed by atoms with Crippen LogP contribution in [0.4, 0.5) is 22.0 Å². The molecule has 1 rings (SSSR count). The average molecular weight is 255 g/mol. The SMILES string of the molecule is N[C@H](c1cccc(C(F)(F)F)c1)C(F)(F)CO. The van der Waals surface area contributed by atoms with Crippen molar-refractivity contribution in [1.29, 1.82) is 0 Å². The molecule has 0 aromatic heterocycles. The predicted molar refractivity (Wildman–Crippen MR) is 50.4 cm³/mol. The van der Waals surface area contributed by atoms with Gasteiger partial charge in [0, 0.05) is 0 Å². The third-order valence-electron chi connectivity index (χ3n) is 2.24. The number of rotatable bonds is 3. The van der Waals surface area contributed by atoms with Gasteiger partial charge in [0.15, 0.2) is 0 Å². The second-order valence-electron chi connectivity index (χ2n) is 3.52. The van der Waals surface area contributed by atoms with E-state index in [1.54, 1.807) is 0 Å². The summed E-state index contributed by atoms with van der Waals surface area (Å²) in [5, 5.41) is 8.40. The fourth-order valence-corrected chi connectivity index (χ4v) is 1.25. The Kier molecular flexibility index (Phi) is 3.73. The summed E-state index contributed by atoms with van der Waals surface area (Å²) >= 11 is 0. The van der Waals surface area contributed by atoms with Gasteiger partial charge in [0.2, 0.25) is 0 Å². The summed E-state index contributed by atoms with van der Waals surface area (Å²) < 4.78 is 63.0. The largest absolute Gasteiger partial charge is 0.416 e. The van der Waals surface area contributed by atoms with Crippen molar-refractivity contribution in [1.82, 2.24) is 0 Å². The predicted octanol–water partition coefficient (Wildman–Crippen LogP) is 2.33. The Balaban J connectivity index is 3.08. The van der Waals surface area contributed by atoms with Crippen molar-refractivity contribution in [3.63, 3.8) is 0 Å². The molecule has 0 spiro atoms. The lowest BCUT2D eigenvalue weighted by molar-refractivity contribution is -0.137. The topological polar surface area (TPSA) is 46.2 Å². The Bertz CT molecular complexity index is 391. The molecule has 7 heteroatoms. The Morgan fingerprint density at radius 3 is 2.24 bits per heavy atom. The number of aliphatic hydroxyl groups is 1. The maximum absolute atomic E-state index is 13.0. The van der Waals surface area contributed by atoms with Crippen LogP contribution in [-0.4, -0.2) is 17.6 Å². The molecule has 0 fully saturated rings. The van der Waals surface area contributed by atoms with Crippen molar-refractivity contribution < 1.29 is 27.1 Å². The first-order valence-corrected chi connectivity index (χ1v) is 4.60. The van der Waals surface area contributed by atoms with Gasteiger partial charge >= 0.3 is 6.18 Å². The van der Waals surface area contributed by atoms with Crippen LogP contribution in [0.15, 0.2) is 24.3 Å². The van der Waals surface area contributed by atoms with Crippen LogP contribution in [0.2, 0.25) is 0 Å². The van der Waals surface area contributed by atoms with Gasteiger partial charge in [-0.15, -0.1) is 0 Å². The minimum Gasteiger partial charge on any atom is -0.390 e. The van der Waals surface area contributed by atoms with Crippen molar-refractivity contribution in [3.8, 4) is 0 Å². The first-order valence-electron chi connectivity index (χ1n) is 4.60. The van der Waals surface area contributed by atoms with Gasteiger partial charge in [0.1, 0.15) is 6.61 Å². The van der Waals surface area contributed by atoms with E-state index < -0.39 is 30.3 Å². The van der Waals surface area contributed by atoms with E-state index in [1.165, 1.54) is 0 Å². The number of alkyl halides is 5. The quantitative estimate of drug-likeness (QED) is 0.814. The fourth-order valence-electron chi connectivity index (χ4n) is 1.25. The molecule has 2 nitrogen and oxygen atoms in total. The van der Waals surface area contributed by atoms with E-state index in [4.69, 9.17) is 10.8 Å². The van der Waals surface area contributed by atoms with Crippen LogP contribution in [0, 0.1) is 0 Å². The zero-order chi connectivity index (χ0) is 13.3. The molecule has 17 heavy (non-hydrogen) atoms. The van der Waals surface area contributed by atoms with Crippen molar-refractivity contribution >= 4 is 0 Å². The molecule has 0 aliphatic heterocycles. The normalized spacial score (nSPS) is 14.8. The molecule has 0 unspecified atom stereocenters. The molecule has 96 valence electrons. The average Bonchev–Trinajstić information content (AvgIpc) is 2.27. The molecule has 1 atom stereocenters. The summed E-state index contributed by atoms with van der Waals surface area (Å²) in [5.41, 5.74) is 3.69. The van der Waals surface area contributed by atoms with Crippen molar-refractivity contribution in [2.75, 3.05) is 6.61 Å². The highest BCUT2D eigenvalue weighted by molar-refractivity contribution is 5.29. The zero-order valence-corrected chi connectivity index (χ0v) is 8.51. The highest BCUT2D eigenvalue weighted by Crippen LogP contribution is 2.33. The summed E-state index contributed by atoms with van der Waals surface area (Å²) in [6, 6.07) is 1.38. The molecular weight excluding hydrogens is 245 g/mol. The molecule has 1 aromatic carbocycles. The van der Waals surface area contributed by atoms with E-state index in [0.717, 1.165) is 18.2 Å². The van der Waals surface area contributed by atoms with E-state index >= 15 is 0 Å². The van der Waals surface area contributed by atoms with Gasteiger partial charge in [0.05, 0.1) is 11.6 Å². The van der Waals surface area contributed by atoms with E-state index in [1.807, 2.05) is 0 Å². The number of nitrogens with two attached hydrogens (primary N) is 1. The summed E-state index contributed by atoms with van der Waals surface area (Å²) in [6.07, 6.45) is -4.62. The maximum atomic E-state index is 13.0. The smallest absolute Gasteiger partial charge is 0.390 e. The van der Waals surface area contributed by atoms with E-state index in [0.29, 0.717) is 6.07 Å². The lowest BCUT2D eigenvalue weighted by atomic mass is 9.99. The molecule has 0 radical (unpaired) electrons. The van der Waals surface area contributed by atoms with Crippen LogP contribution in [0.3, 0.4) is 0 Å². The second kappa shape index (κ2) is 4.58. The van der Waals surface area contributed by atoms with Gasteiger partial charge in [-0.1, -0.05) is 12.1 Å². The lowest BCUT2D eigenvalue weighted by Gasteiger charge is -2.22. The van der Waals surface area contributed by atoms with Crippen molar-refractivity contribution in [2.24, 2.45) is 5.73 Å². The second-order valence-corrected chi connectivity index (χ2v) is 3.52. The molecule has 0 aliphatic carbocycles. The number of benzene rings is 1. The maximum Gasteiger partial charge on any atom is 0.416 e. The summed E-state index contributed by atoms with van der Waals surface area (Å²) in [7, 11) is 0.